The van der Waals surface area contributed by atoms with Crippen molar-refractivity contribution in [3.8, 4) is 5.75 Å². The van der Waals surface area contributed by atoms with Crippen molar-refractivity contribution in [1.82, 2.24) is 10.3 Å². The lowest BCUT2D eigenvalue weighted by molar-refractivity contribution is 0.400. The molecule has 0 radical (unpaired) electrons. The van der Waals surface area contributed by atoms with E-state index in [1.54, 1.807) is 7.11 Å². The van der Waals surface area contributed by atoms with Gasteiger partial charge in [0.25, 0.3) is 0 Å². The molecule has 1 aromatic rings. The summed E-state index contributed by atoms with van der Waals surface area (Å²) in [6.07, 6.45) is 15.0. The predicted octanol–water partition coefficient (Wildman–Crippen LogP) is 4.41. The lowest BCUT2D eigenvalue weighted by Crippen LogP contribution is -2.25. The highest BCUT2D eigenvalue weighted by molar-refractivity contribution is 5.38. The average molecular weight is 288 g/mol. The maximum Gasteiger partial charge on any atom is 0.142 e. The lowest BCUT2D eigenvalue weighted by Gasteiger charge is -2.25. The number of nitrogens with one attached hydrogen (secondary N) is 1. The van der Waals surface area contributed by atoms with Gasteiger partial charge in [-0.05, 0) is 44.7 Å². The van der Waals surface area contributed by atoms with Crippen molar-refractivity contribution in [3.63, 3.8) is 0 Å². The minimum atomic E-state index is 0.265. The molecule has 21 heavy (non-hydrogen) atoms. The van der Waals surface area contributed by atoms with Gasteiger partial charge in [-0.1, -0.05) is 31.4 Å². The van der Waals surface area contributed by atoms with Crippen LogP contribution < -0.4 is 10.1 Å². The number of methoxy groups -OCH3 is 1. The first kappa shape index (κ1) is 16.0. The third kappa shape index (κ3) is 4.57. The quantitative estimate of drug-likeness (QED) is 0.787. The van der Waals surface area contributed by atoms with Crippen molar-refractivity contribution < 1.29 is 4.74 Å². The Bertz CT molecular complexity index is 456. The summed E-state index contributed by atoms with van der Waals surface area (Å²) in [6.45, 7) is 3.23. The molecule has 2 rings (SSSR count). The molecule has 1 aliphatic carbocycles. The molecule has 0 aliphatic heterocycles. The van der Waals surface area contributed by atoms with E-state index < -0.39 is 0 Å². The topological polar surface area (TPSA) is 34.2 Å². The van der Waals surface area contributed by atoms with Crippen molar-refractivity contribution in [3.05, 3.63) is 35.7 Å². The van der Waals surface area contributed by atoms with Gasteiger partial charge in [-0.25, -0.2) is 0 Å². The minimum absolute atomic E-state index is 0.265. The normalized spacial score (nSPS) is 20.0. The highest BCUT2D eigenvalue weighted by atomic mass is 16.5. The maximum absolute atomic E-state index is 5.52. The van der Waals surface area contributed by atoms with Gasteiger partial charge in [-0.2, -0.15) is 0 Å². The fraction of sp³-hybridized carbons (Fsp3) is 0.611. The lowest BCUT2D eigenvalue weighted by atomic mass is 9.91. The molecule has 0 bridgehead atoms. The Hall–Kier alpha value is -1.35. The first-order chi connectivity index (χ1) is 10.4. The molecule has 1 heterocycles. The van der Waals surface area contributed by atoms with Gasteiger partial charge >= 0.3 is 0 Å². The van der Waals surface area contributed by atoms with Gasteiger partial charge in [0.2, 0.25) is 0 Å². The monoisotopic (exact) mass is 288 g/mol. The second-order valence-electron chi connectivity index (χ2n) is 5.74. The number of aromatic nitrogens is 1. The van der Waals surface area contributed by atoms with Crippen LogP contribution in [0.3, 0.4) is 0 Å². The van der Waals surface area contributed by atoms with Crippen molar-refractivity contribution in [2.45, 2.75) is 57.9 Å². The molecule has 1 atom stereocenters. The number of ether oxygens (including phenoxy) is 1. The summed E-state index contributed by atoms with van der Waals surface area (Å²) in [5.74, 6) is 0.883. The molecule has 1 aliphatic rings. The fourth-order valence-electron chi connectivity index (χ4n) is 3.01. The minimum Gasteiger partial charge on any atom is -0.495 e. The van der Waals surface area contributed by atoms with Crippen LogP contribution in [-0.2, 0) is 0 Å². The Morgan fingerprint density at radius 1 is 1.29 bits per heavy atom. The molecular formula is C18H28N2O. The zero-order valence-electron chi connectivity index (χ0n) is 13.4. The van der Waals surface area contributed by atoms with Crippen molar-refractivity contribution >= 4 is 0 Å². The van der Waals surface area contributed by atoms with Gasteiger partial charge in [0.1, 0.15) is 5.75 Å². The molecule has 0 saturated carbocycles. The first-order valence-electron chi connectivity index (χ1n) is 8.27. The standard InChI is InChI=1S/C18H28N2O/c1-3-12-20-18(15-9-7-5-4-6-8-10-15)16-11-13-19-14-17(16)21-2/h9,11,13-14,18,20H,3-8,10,12H2,1-2H3/b15-9+. The Morgan fingerprint density at radius 3 is 2.95 bits per heavy atom. The predicted molar refractivity (Wildman–Crippen MR) is 87.6 cm³/mol. The van der Waals surface area contributed by atoms with Crippen molar-refractivity contribution in [2.75, 3.05) is 13.7 Å². The first-order valence-corrected chi connectivity index (χ1v) is 8.27. The smallest absolute Gasteiger partial charge is 0.142 e. The number of rotatable bonds is 6. The highest BCUT2D eigenvalue weighted by Gasteiger charge is 2.20. The Balaban J connectivity index is 2.27. The molecule has 1 aromatic heterocycles. The van der Waals surface area contributed by atoms with E-state index in [2.05, 4.69) is 29.4 Å². The van der Waals surface area contributed by atoms with E-state index in [0.29, 0.717) is 0 Å². The summed E-state index contributed by atoms with van der Waals surface area (Å²) < 4.78 is 5.52. The highest BCUT2D eigenvalue weighted by Crippen LogP contribution is 2.33. The molecule has 0 fully saturated rings. The number of pyridine rings is 1. The number of hydrogen-bond acceptors (Lipinski definition) is 3. The number of hydrogen-bond donors (Lipinski definition) is 1. The summed E-state index contributed by atoms with van der Waals surface area (Å²) in [6, 6.07) is 2.35. The van der Waals surface area contributed by atoms with Crippen LogP contribution >= 0.6 is 0 Å². The zero-order chi connectivity index (χ0) is 14.9. The number of nitrogens with zero attached hydrogens (tertiary/aromatic N) is 1. The van der Waals surface area contributed by atoms with Gasteiger partial charge in [-0.3, -0.25) is 4.98 Å². The molecule has 0 saturated heterocycles. The maximum atomic E-state index is 5.52. The molecular weight excluding hydrogens is 260 g/mol. The summed E-state index contributed by atoms with van der Waals surface area (Å²) in [4.78, 5) is 4.19. The van der Waals surface area contributed by atoms with Gasteiger partial charge in [0.05, 0.1) is 19.3 Å². The van der Waals surface area contributed by atoms with Crippen LogP contribution in [0.5, 0.6) is 5.75 Å². The molecule has 0 amide bonds. The van der Waals surface area contributed by atoms with Gasteiger partial charge < -0.3 is 10.1 Å². The van der Waals surface area contributed by atoms with Crippen LogP contribution in [0, 0.1) is 0 Å². The summed E-state index contributed by atoms with van der Waals surface area (Å²) >= 11 is 0. The van der Waals surface area contributed by atoms with Crippen LogP contribution in [-0.4, -0.2) is 18.6 Å². The molecule has 3 heteroatoms. The van der Waals surface area contributed by atoms with Gasteiger partial charge in [0, 0.05) is 11.8 Å². The number of allylic oxidation sites excluding steroid dienone is 1. The van der Waals surface area contributed by atoms with Crippen LogP contribution in [0.15, 0.2) is 30.1 Å². The summed E-state index contributed by atoms with van der Waals surface area (Å²) in [7, 11) is 1.73. The van der Waals surface area contributed by atoms with Crippen molar-refractivity contribution in [2.24, 2.45) is 0 Å². The molecule has 3 nitrogen and oxygen atoms in total. The molecule has 0 aromatic carbocycles. The third-order valence-corrected chi connectivity index (χ3v) is 4.14. The second-order valence-corrected chi connectivity index (χ2v) is 5.74. The summed E-state index contributed by atoms with van der Waals surface area (Å²) in [5, 5.41) is 3.70. The van der Waals surface area contributed by atoms with E-state index in [4.69, 9.17) is 4.74 Å². The van der Waals surface area contributed by atoms with E-state index in [-0.39, 0.29) is 6.04 Å². The molecule has 0 spiro atoms. The Morgan fingerprint density at radius 2 is 2.14 bits per heavy atom. The second kappa shape index (κ2) is 8.83. The van der Waals surface area contributed by atoms with Crippen molar-refractivity contribution in [1.29, 1.82) is 0 Å². The SMILES string of the molecule is CCCNC(/C1=C/CCCCCC1)c1ccncc1OC. The fourth-order valence-corrected chi connectivity index (χ4v) is 3.01. The average Bonchev–Trinajstić information content (AvgIpc) is 2.49. The Kier molecular flexibility index (Phi) is 6.74. The van der Waals surface area contributed by atoms with Crippen LogP contribution in [0.4, 0.5) is 0 Å². The van der Waals surface area contributed by atoms with E-state index in [0.717, 1.165) is 18.7 Å². The summed E-state index contributed by atoms with van der Waals surface area (Å²) in [5.41, 5.74) is 2.74. The zero-order valence-corrected chi connectivity index (χ0v) is 13.4. The van der Waals surface area contributed by atoms with E-state index in [1.165, 1.54) is 49.7 Å². The van der Waals surface area contributed by atoms with E-state index in [1.807, 2.05) is 12.4 Å². The Labute approximate surface area is 128 Å². The largest absolute Gasteiger partial charge is 0.495 e. The van der Waals surface area contributed by atoms with E-state index in [9.17, 15) is 0 Å². The van der Waals surface area contributed by atoms with Gasteiger partial charge in [-0.15, -0.1) is 0 Å². The molecule has 1 N–H and O–H groups in total. The van der Waals surface area contributed by atoms with Crippen LogP contribution in [0.25, 0.3) is 0 Å². The van der Waals surface area contributed by atoms with Crippen LogP contribution in [0.1, 0.15) is 63.5 Å². The van der Waals surface area contributed by atoms with E-state index >= 15 is 0 Å². The molecule has 1 unspecified atom stereocenters. The van der Waals surface area contributed by atoms with Crippen LogP contribution in [0.2, 0.25) is 0 Å². The third-order valence-electron chi connectivity index (χ3n) is 4.14. The molecule has 116 valence electrons. The van der Waals surface area contributed by atoms with Gasteiger partial charge in [0.15, 0.2) is 0 Å².